The Morgan fingerprint density at radius 2 is 1.86 bits per heavy atom. The number of unbranched alkanes of at least 4 members (excludes halogenated alkanes) is 1. The van der Waals surface area contributed by atoms with Crippen molar-refractivity contribution in [3.05, 3.63) is 53.2 Å². The summed E-state index contributed by atoms with van der Waals surface area (Å²) in [6.45, 7) is 8.49. The maximum atomic E-state index is 12.8. The van der Waals surface area contributed by atoms with Gasteiger partial charge >= 0.3 is 6.03 Å². The van der Waals surface area contributed by atoms with Crippen LogP contribution in [0.1, 0.15) is 40.5 Å². The highest BCUT2D eigenvalue weighted by molar-refractivity contribution is 5.89. The van der Waals surface area contributed by atoms with Crippen molar-refractivity contribution in [1.29, 1.82) is 0 Å². The van der Waals surface area contributed by atoms with E-state index < -0.39 is 0 Å². The molecule has 0 atom stereocenters. The topological polar surface area (TPSA) is 88.9 Å². The zero-order valence-electron chi connectivity index (χ0n) is 17.3. The van der Waals surface area contributed by atoms with Gasteiger partial charge in [-0.2, -0.15) is 0 Å². The molecule has 0 fully saturated rings. The number of carbonyl (C=O) groups is 1. The van der Waals surface area contributed by atoms with Crippen LogP contribution in [0.15, 0.2) is 47.7 Å². The Kier molecular flexibility index (Phi) is 5.96. The molecule has 3 rings (SSSR count). The van der Waals surface area contributed by atoms with Gasteiger partial charge in [-0.1, -0.05) is 19.4 Å². The molecule has 0 radical (unpaired) electrons. The maximum absolute atomic E-state index is 12.8. The first kappa shape index (κ1) is 20.5. The average molecular weight is 393 g/mol. The van der Waals surface area contributed by atoms with Crippen LogP contribution in [0.25, 0.3) is 22.0 Å². The minimum atomic E-state index is -0.326. The number of benzene rings is 1. The molecule has 2 aromatic heterocycles. The third-order valence-electron chi connectivity index (χ3n) is 4.40. The van der Waals surface area contributed by atoms with Gasteiger partial charge in [0.1, 0.15) is 5.82 Å². The van der Waals surface area contributed by atoms with E-state index in [0.29, 0.717) is 23.3 Å². The Bertz CT molecular complexity index is 1070. The normalized spacial score (nSPS) is 11.4. The van der Waals surface area contributed by atoms with Gasteiger partial charge in [-0.15, -0.1) is 0 Å². The molecule has 152 valence electrons. The SMILES string of the molecule is CCCCn1cnc2ccc(-c3ccc(NC(=O)NC(C)(C)C)nc3)cc2c1=O. The van der Waals surface area contributed by atoms with Gasteiger partial charge in [-0.25, -0.2) is 14.8 Å². The van der Waals surface area contributed by atoms with Crippen LogP contribution in [-0.2, 0) is 6.54 Å². The van der Waals surface area contributed by atoms with E-state index in [1.54, 1.807) is 23.2 Å². The third kappa shape index (κ3) is 5.19. The maximum Gasteiger partial charge on any atom is 0.320 e. The van der Waals surface area contributed by atoms with E-state index in [1.807, 2.05) is 45.0 Å². The minimum absolute atomic E-state index is 0.0320. The molecule has 0 aliphatic carbocycles. The Morgan fingerprint density at radius 1 is 1.10 bits per heavy atom. The van der Waals surface area contributed by atoms with Crippen molar-refractivity contribution in [2.45, 2.75) is 52.6 Å². The van der Waals surface area contributed by atoms with Gasteiger partial charge in [0.2, 0.25) is 0 Å². The van der Waals surface area contributed by atoms with Crippen LogP contribution in [-0.4, -0.2) is 26.1 Å². The van der Waals surface area contributed by atoms with Crippen molar-refractivity contribution >= 4 is 22.8 Å². The summed E-state index contributed by atoms with van der Waals surface area (Å²) in [6.07, 6.45) is 5.25. The number of anilines is 1. The van der Waals surface area contributed by atoms with Crippen LogP contribution < -0.4 is 16.2 Å². The van der Waals surface area contributed by atoms with Gasteiger partial charge in [0, 0.05) is 23.8 Å². The van der Waals surface area contributed by atoms with Crippen molar-refractivity contribution in [3.8, 4) is 11.1 Å². The number of pyridine rings is 1. The lowest BCUT2D eigenvalue weighted by Gasteiger charge is -2.20. The molecule has 0 bridgehead atoms. The number of nitrogens with zero attached hydrogens (tertiary/aromatic N) is 3. The van der Waals surface area contributed by atoms with Crippen molar-refractivity contribution in [1.82, 2.24) is 19.9 Å². The van der Waals surface area contributed by atoms with Crippen LogP contribution in [0.3, 0.4) is 0 Å². The fraction of sp³-hybridized carbons (Fsp3) is 0.364. The summed E-state index contributed by atoms with van der Waals surface area (Å²) in [5.74, 6) is 0.458. The zero-order chi connectivity index (χ0) is 21.0. The van der Waals surface area contributed by atoms with E-state index in [1.165, 1.54) is 0 Å². The molecular formula is C22H27N5O2. The number of hydrogen-bond donors (Lipinski definition) is 2. The van der Waals surface area contributed by atoms with Gasteiger partial charge < -0.3 is 5.32 Å². The fourth-order valence-corrected chi connectivity index (χ4v) is 2.95. The van der Waals surface area contributed by atoms with E-state index in [-0.39, 0.29) is 17.1 Å². The van der Waals surface area contributed by atoms with Crippen LogP contribution in [0, 0.1) is 0 Å². The summed E-state index contributed by atoms with van der Waals surface area (Å²) >= 11 is 0. The largest absolute Gasteiger partial charge is 0.333 e. The number of aromatic nitrogens is 3. The number of rotatable bonds is 5. The molecule has 0 saturated carbocycles. The number of aryl methyl sites for hydroxylation is 1. The van der Waals surface area contributed by atoms with Crippen molar-refractivity contribution in [2.24, 2.45) is 0 Å². The summed E-state index contributed by atoms with van der Waals surface area (Å²) in [6, 6.07) is 8.92. The van der Waals surface area contributed by atoms with Crippen molar-refractivity contribution in [2.75, 3.05) is 5.32 Å². The van der Waals surface area contributed by atoms with E-state index in [2.05, 4.69) is 27.5 Å². The lowest BCUT2D eigenvalue weighted by atomic mass is 10.1. The molecule has 0 spiro atoms. The zero-order valence-corrected chi connectivity index (χ0v) is 17.3. The number of fused-ring (bicyclic) bond motifs is 1. The second-order valence-electron chi connectivity index (χ2n) is 8.09. The van der Waals surface area contributed by atoms with E-state index in [9.17, 15) is 9.59 Å². The highest BCUT2D eigenvalue weighted by Gasteiger charge is 2.14. The number of hydrogen-bond acceptors (Lipinski definition) is 4. The first-order chi connectivity index (χ1) is 13.8. The summed E-state index contributed by atoms with van der Waals surface area (Å²) in [4.78, 5) is 33.4. The molecule has 1 aromatic carbocycles. The standard InChI is InChI=1S/C22H27N5O2/c1-5-6-11-27-14-24-18-9-7-15(12-17(18)20(27)28)16-8-10-19(23-13-16)25-21(29)26-22(2,3)4/h7-10,12-14H,5-6,11H2,1-4H3,(H2,23,25,26,29). The molecular weight excluding hydrogens is 366 g/mol. The molecule has 0 aliphatic rings. The Labute approximate surface area is 170 Å². The molecule has 2 N–H and O–H groups in total. The first-order valence-corrected chi connectivity index (χ1v) is 9.81. The number of urea groups is 1. The molecule has 0 saturated heterocycles. The molecule has 2 amide bonds. The average Bonchev–Trinajstić information content (AvgIpc) is 2.66. The molecule has 3 aromatic rings. The monoisotopic (exact) mass is 393 g/mol. The van der Waals surface area contributed by atoms with Gasteiger partial charge in [0.05, 0.1) is 17.2 Å². The summed E-state index contributed by atoms with van der Waals surface area (Å²) in [7, 11) is 0. The highest BCUT2D eigenvalue weighted by Crippen LogP contribution is 2.22. The van der Waals surface area contributed by atoms with Gasteiger partial charge in [0.25, 0.3) is 5.56 Å². The predicted octanol–water partition coefficient (Wildman–Crippen LogP) is 4.18. The molecule has 0 aliphatic heterocycles. The molecule has 7 heteroatoms. The lowest BCUT2D eigenvalue weighted by molar-refractivity contribution is 0.243. The summed E-state index contributed by atoms with van der Waals surface area (Å²) in [5, 5.41) is 6.13. The van der Waals surface area contributed by atoms with Gasteiger partial charge in [-0.3, -0.25) is 14.7 Å². The lowest BCUT2D eigenvalue weighted by Crippen LogP contribution is -2.43. The van der Waals surface area contributed by atoms with Crippen molar-refractivity contribution < 1.29 is 4.79 Å². The van der Waals surface area contributed by atoms with Crippen LogP contribution in [0.4, 0.5) is 10.6 Å². The number of nitrogens with one attached hydrogen (secondary N) is 2. The summed E-state index contributed by atoms with van der Waals surface area (Å²) in [5.41, 5.74) is 2.06. The number of amides is 2. The third-order valence-corrected chi connectivity index (χ3v) is 4.40. The predicted molar refractivity (Wildman–Crippen MR) is 116 cm³/mol. The second kappa shape index (κ2) is 8.43. The van der Waals surface area contributed by atoms with E-state index in [0.717, 1.165) is 24.0 Å². The van der Waals surface area contributed by atoms with Crippen LogP contribution >= 0.6 is 0 Å². The second-order valence-corrected chi connectivity index (χ2v) is 8.09. The van der Waals surface area contributed by atoms with Gasteiger partial charge in [-0.05, 0) is 57.0 Å². The number of carbonyl (C=O) groups excluding carboxylic acids is 1. The molecule has 2 heterocycles. The Hall–Kier alpha value is -3.22. The minimum Gasteiger partial charge on any atom is -0.333 e. The first-order valence-electron chi connectivity index (χ1n) is 9.81. The summed E-state index contributed by atoms with van der Waals surface area (Å²) < 4.78 is 1.66. The molecule has 7 nitrogen and oxygen atoms in total. The molecule has 0 unspecified atom stereocenters. The van der Waals surface area contributed by atoms with Crippen molar-refractivity contribution in [3.63, 3.8) is 0 Å². The molecule has 29 heavy (non-hydrogen) atoms. The smallest absolute Gasteiger partial charge is 0.320 e. The van der Waals surface area contributed by atoms with Crippen LogP contribution in [0.5, 0.6) is 0 Å². The van der Waals surface area contributed by atoms with Crippen LogP contribution in [0.2, 0.25) is 0 Å². The van der Waals surface area contributed by atoms with E-state index in [4.69, 9.17) is 0 Å². The highest BCUT2D eigenvalue weighted by atomic mass is 16.2. The Morgan fingerprint density at radius 3 is 2.52 bits per heavy atom. The quantitative estimate of drug-likeness (QED) is 0.681. The fourth-order valence-electron chi connectivity index (χ4n) is 2.95. The van der Waals surface area contributed by atoms with E-state index >= 15 is 0 Å². The van der Waals surface area contributed by atoms with Gasteiger partial charge in [0.15, 0.2) is 0 Å². The Balaban J connectivity index is 1.84.